The molecule has 1 aliphatic rings. The Morgan fingerprint density at radius 1 is 1.29 bits per heavy atom. The molecule has 0 aromatic rings. The van der Waals surface area contributed by atoms with Gasteiger partial charge in [-0.1, -0.05) is 19.3 Å². The molecule has 0 aromatic carbocycles. The van der Waals surface area contributed by atoms with Crippen LogP contribution in [0.5, 0.6) is 0 Å². The minimum Gasteiger partial charge on any atom is -0.391 e. The molecule has 0 aromatic heterocycles. The third-order valence-corrected chi connectivity index (χ3v) is 2.58. The molecule has 14 heavy (non-hydrogen) atoms. The molecule has 1 fully saturated rings. The number of hydrogen-bond donors (Lipinski definition) is 1. The molecule has 1 aliphatic carbocycles. The van der Waals surface area contributed by atoms with Crippen LogP contribution in [0.2, 0.25) is 0 Å². The van der Waals surface area contributed by atoms with Gasteiger partial charge in [0.2, 0.25) is 0 Å². The van der Waals surface area contributed by atoms with Crippen molar-refractivity contribution in [2.45, 2.75) is 45.1 Å². The lowest BCUT2D eigenvalue weighted by molar-refractivity contribution is -0.167. The number of aliphatic hydroxyl groups excluding tert-OH is 1. The highest BCUT2D eigenvalue weighted by molar-refractivity contribution is 5.86. The van der Waals surface area contributed by atoms with Crippen LogP contribution in [0.15, 0.2) is 0 Å². The van der Waals surface area contributed by atoms with Gasteiger partial charge in [-0.2, -0.15) is 0 Å². The second-order valence-corrected chi connectivity index (χ2v) is 3.76. The summed E-state index contributed by atoms with van der Waals surface area (Å²) in [5.41, 5.74) is 0. The maximum absolute atomic E-state index is 11.2. The van der Waals surface area contributed by atoms with E-state index in [0.29, 0.717) is 0 Å². The van der Waals surface area contributed by atoms with E-state index in [1.54, 1.807) is 0 Å². The highest BCUT2D eigenvalue weighted by atomic mass is 16.6. The van der Waals surface area contributed by atoms with Gasteiger partial charge in [-0.3, -0.25) is 4.79 Å². The quantitative estimate of drug-likeness (QED) is 0.534. The number of rotatable bonds is 2. The molecule has 4 nitrogen and oxygen atoms in total. The molecule has 4 heteroatoms. The van der Waals surface area contributed by atoms with Crippen molar-refractivity contribution in [3.63, 3.8) is 0 Å². The van der Waals surface area contributed by atoms with E-state index in [1.165, 1.54) is 0 Å². The lowest BCUT2D eigenvalue weighted by Crippen LogP contribution is -2.33. The number of hydrogen-bond acceptors (Lipinski definition) is 4. The van der Waals surface area contributed by atoms with Gasteiger partial charge in [-0.15, -0.1) is 0 Å². The first-order chi connectivity index (χ1) is 6.61. The average Bonchev–Trinajstić information content (AvgIpc) is 2.17. The molecular formula is C10H16O4. The smallest absolute Gasteiger partial charge is 0.342 e. The van der Waals surface area contributed by atoms with Gasteiger partial charge in [0.1, 0.15) is 0 Å². The van der Waals surface area contributed by atoms with E-state index in [2.05, 4.69) is 4.74 Å². The molecule has 1 N–H and O–H groups in total. The van der Waals surface area contributed by atoms with Gasteiger partial charge in [-0.25, -0.2) is 4.79 Å². The molecule has 1 atom stereocenters. The number of aliphatic hydroxyl groups is 1. The summed E-state index contributed by atoms with van der Waals surface area (Å²) in [7, 11) is 0. The molecule has 0 amide bonds. The minimum atomic E-state index is -1.13. The van der Waals surface area contributed by atoms with E-state index >= 15 is 0 Å². The SMILES string of the molecule is CC(=O)OC(=O)[C@@H](O)C1CCCCC1. The van der Waals surface area contributed by atoms with Crippen molar-refractivity contribution in [2.24, 2.45) is 5.92 Å². The van der Waals surface area contributed by atoms with E-state index in [4.69, 9.17) is 0 Å². The zero-order chi connectivity index (χ0) is 10.6. The first-order valence-corrected chi connectivity index (χ1v) is 5.01. The largest absolute Gasteiger partial charge is 0.391 e. The summed E-state index contributed by atoms with van der Waals surface area (Å²) in [6.45, 7) is 1.16. The van der Waals surface area contributed by atoms with Gasteiger partial charge in [0.05, 0.1) is 0 Å². The fraction of sp³-hybridized carbons (Fsp3) is 0.800. The Morgan fingerprint density at radius 3 is 2.36 bits per heavy atom. The number of esters is 2. The second-order valence-electron chi connectivity index (χ2n) is 3.76. The van der Waals surface area contributed by atoms with Crippen LogP contribution in [0.4, 0.5) is 0 Å². The van der Waals surface area contributed by atoms with Crippen molar-refractivity contribution in [3.8, 4) is 0 Å². The molecule has 0 spiro atoms. The summed E-state index contributed by atoms with van der Waals surface area (Å²) in [5, 5.41) is 9.56. The summed E-state index contributed by atoms with van der Waals surface area (Å²) in [6, 6.07) is 0. The van der Waals surface area contributed by atoms with Crippen LogP contribution >= 0.6 is 0 Å². The Morgan fingerprint density at radius 2 is 1.86 bits per heavy atom. The van der Waals surface area contributed by atoms with Crippen LogP contribution in [0.25, 0.3) is 0 Å². The van der Waals surface area contributed by atoms with Crippen molar-refractivity contribution in [2.75, 3.05) is 0 Å². The lowest BCUT2D eigenvalue weighted by Gasteiger charge is -2.24. The van der Waals surface area contributed by atoms with Crippen molar-refractivity contribution in [1.29, 1.82) is 0 Å². The van der Waals surface area contributed by atoms with Crippen LogP contribution in [0.3, 0.4) is 0 Å². The standard InChI is InChI=1S/C10H16O4/c1-7(11)14-10(13)9(12)8-5-3-2-4-6-8/h8-9,12H,2-6H2,1H3/t9-/m0/s1. The minimum absolute atomic E-state index is 0.0319. The summed E-state index contributed by atoms with van der Waals surface area (Å²) in [6.07, 6.45) is 3.79. The van der Waals surface area contributed by atoms with E-state index in [1.807, 2.05) is 0 Å². The van der Waals surface area contributed by atoms with Crippen LogP contribution < -0.4 is 0 Å². The average molecular weight is 200 g/mol. The number of carbonyl (C=O) groups excluding carboxylic acids is 2. The summed E-state index contributed by atoms with van der Waals surface area (Å²) >= 11 is 0. The van der Waals surface area contributed by atoms with Crippen LogP contribution in [0.1, 0.15) is 39.0 Å². The molecule has 80 valence electrons. The third kappa shape index (κ3) is 3.10. The Labute approximate surface area is 83.2 Å². The predicted octanol–water partition coefficient (Wildman–Crippen LogP) is 1.02. The number of ether oxygens (including phenoxy) is 1. The molecule has 1 saturated carbocycles. The van der Waals surface area contributed by atoms with Crippen molar-refractivity contribution < 1.29 is 19.4 Å². The normalized spacial score (nSPS) is 20.1. The van der Waals surface area contributed by atoms with E-state index < -0.39 is 18.0 Å². The molecule has 0 heterocycles. The maximum atomic E-state index is 11.2. The zero-order valence-electron chi connectivity index (χ0n) is 8.36. The van der Waals surface area contributed by atoms with Gasteiger partial charge in [-0.05, 0) is 18.8 Å². The van der Waals surface area contributed by atoms with Crippen LogP contribution in [-0.4, -0.2) is 23.1 Å². The predicted molar refractivity (Wildman–Crippen MR) is 49.4 cm³/mol. The summed E-state index contributed by atoms with van der Waals surface area (Å²) < 4.78 is 4.34. The highest BCUT2D eigenvalue weighted by Gasteiger charge is 2.29. The van der Waals surface area contributed by atoms with Gasteiger partial charge >= 0.3 is 11.9 Å². The van der Waals surface area contributed by atoms with Gasteiger partial charge in [0.25, 0.3) is 0 Å². The van der Waals surface area contributed by atoms with Gasteiger partial charge in [0, 0.05) is 6.92 Å². The van der Waals surface area contributed by atoms with Gasteiger partial charge < -0.3 is 9.84 Å². The molecule has 0 unspecified atom stereocenters. The fourth-order valence-corrected chi connectivity index (χ4v) is 1.84. The van der Waals surface area contributed by atoms with E-state index in [-0.39, 0.29) is 5.92 Å². The molecule has 0 radical (unpaired) electrons. The molecule has 0 saturated heterocycles. The number of carbonyl (C=O) groups is 2. The molecule has 0 aliphatic heterocycles. The summed E-state index contributed by atoms with van der Waals surface area (Å²) in [5.74, 6) is -1.50. The highest BCUT2D eigenvalue weighted by Crippen LogP contribution is 2.26. The van der Waals surface area contributed by atoms with Crippen molar-refractivity contribution in [1.82, 2.24) is 0 Å². The van der Waals surface area contributed by atoms with Crippen molar-refractivity contribution >= 4 is 11.9 Å². The van der Waals surface area contributed by atoms with Crippen LogP contribution in [0, 0.1) is 5.92 Å². The first-order valence-electron chi connectivity index (χ1n) is 5.01. The topological polar surface area (TPSA) is 63.6 Å². The van der Waals surface area contributed by atoms with E-state index in [0.717, 1.165) is 39.0 Å². The monoisotopic (exact) mass is 200 g/mol. The Balaban J connectivity index is 2.41. The molecule has 1 rings (SSSR count). The second kappa shape index (κ2) is 5.10. The maximum Gasteiger partial charge on any atom is 0.342 e. The van der Waals surface area contributed by atoms with Crippen LogP contribution in [-0.2, 0) is 14.3 Å². The van der Waals surface area contributed by atoms with E-state index in [9.17, 15) is 14.7 Å². The zero-order valence-corrected chi connectivity index (χ0v) is 8.36. The molecular weight excluding hydrogens is 184 g/mol. The Hall–Kier alpha value is -0.900. The summed E-state index contributed by atoms with van der Waals surface area (Å²) in [4.78, 5) is 21.6. The lowest BCUT2D eigenvalue weighted by atomic mass is 9.85. The first kappa shape index (κ1) is 11.2. The fourth-order valence-electron chi connectivity index (χ4n) is 1.84. The Kier molecular flexibility index (Phi) is 4.07. The Bertz CT molecular complexity index is 218. The third-order valence-electron chi connectivity index (χ3n) is 2.58. The van der Waals surface area contributed by atoms with Crippen molar-refractivity contribution in [3.05, 3.63) is 0 Å². The molecule has 0 bridgehead atoms. The van der Waals surface area contributed by atoms with Gasteiger partial charge in [0.15, 0.2) is 6.10 Å².